The maximum Gasteiger partial charge on any atom is 0.257 e. The van der Waals surface area contributed by atoms with E-state index in [-0.39, 0.29) is 16.9 Å². The molecule has 0 amide bonds. The van der Waals surface area contributed by atoms with Gasteiger partial charge in [0.2, 0.25) is 5.88 Å². The Morgan fingerprint density at radius 1 is 1.16 bits per heavy atom. The normalized spacial score (nSPS) is 39.7. The highest BCUT2D eigenvalue weighted by Gasteiger charge is 2.53. The molecule has 0 aromatic carbocycles. The number of nitrogens with one attached hydrogen (secondary N) is 1. The lowest BCUT2D eigenvalue weighted by atomic mass is 9.49. The van der Waals surface area contributed by atoms with Gasteiger partial charge in [-0.3, -0.25) is 4.79 Å². The van der Waals surface area contributed by atoms with Crippen LogP contribution in [0.4, 0.5) is 0 Å². The summed E-state index contributed by atoms with van der Waals surface area (Å²) in [6.45, 7) is 1.62. The van der Waals surface area contributed by atoms with Crippen LogP contribution >= 0.6 is 0 Å². The minimum Gasteiger partial charge on any atom is -0.493 e. The Bertz CT molecular complexity index is 555. The molecule has 1 heterocycles. The lowest BCUT2D eigenvalue weighted by Gasteiger charge is -2.56. The highest BCUT2D eigenvalue weighted by molar-refractivity contribution is 5.25. The Labute approximate surface area is 112 Å². The van der Waals surface area contributed by atoms with Crippen LogP contribution in [0.25, 0.3) is 0 Å². The van der Waals surface area contributed by atoms with E-state index in [4.69, 9.17) is 0 Å². The van der Waals surface area contributed by atoms with Crippen molar-refractivity contribution in [3.05, 3.63) is 21.7 Å². The Morgan fingerprint density at radius 3 is 2.16 bits per heavy atom. The molecule has 4 heteroatoms. The van der Waals surface area contributed by atoms with Crippen molar-refractivity contribution in [3.63, 3.8) is 0 Å². The molecule has 0 spiro atoms. The lowest BCUT2D eigenvalue weighted by molar-refractivity contribution is -0.00977. The molecule has 4 saturated carbocycles. The van der Waals surface area contributed by atoms with Gasteiger partial charge in [-0.15, -0.1) is 0 Å². The lowest BCUT2D eigenvalue weighted by Crippen LogP contribution is -2.49. The average molecular weight is 260 g/mol. The first-order chi connectivity index (χ1) is 9.06. The van der Waals surface area contributed by atoms with E-state index in [9.17, 15) is 9.90 Å². The summed E-state index contributed by atoms with van der Waals surface area (Å²) in [6.07, 6.45) is 7.52. The van der Waals surface area contributed by atoms with Crippen LogP contribution in [0.1, 0.15) is 49.9 Å². The molecular weight excluding hydrogens is 240 g/mol. The van der Waals surface area contributed by atoms with Crippen molar-refractivity contribution in [2.24, 2.45) is 17.8 Å². The Kier molecular flexibility index (Phi) is 2.19. The van der Waals surface area contributed by atoms with Gasteiger partial charge in [-0.25, -0.2) is 0 Å². The summed E-state index contributed by atoms with van der Waals surface area (Å²) in [6, 6.07) is 0. The van der Waals surface area contributed by atoms with Crippen molar-refractivity contribution in [1.82, 2.24) is 9.97 Å². The maximum atomic E-state index is 11.9. The number of rotatable bonds is 1. The van der Waals surface area contributed by atoms with E-state index in [1.54, 1.807) is 6.92 Å². The molecule has 0 aliphatic heterocycles. The monoisotopic (exact) mass is 260 g/mol. The minimum absolute atomic E-state index is 0.0408. The number of nitrogens with zero attached hydrogens (tertiary/aromatic N) is 1. The molecule has 0 atom stereocenters. The number of hydrogen-bond acceptors (Lipinski definition) is 3. The van der Waals surface area contributed by atoms with E-state index in [1.807, 2.05) is 0 Å². The van der Waals surface area contributed by atoms with Crippen LogP contribution in [-0.2, 0) is 5.41 Å². The largest absolute Gasteiger partial charge is 0.493 e. The summed E-state index contributed by atoms with van der Waals surface area (Å²) >= 11 is 0. The van der Waals surface area contributed by atoms with Gasteiger partial charge in [0, 0.05) is 5.41 Å². The Hall–Kier alpha value is -1.32. The van der Waals surface area contributed by atoms with Gasteiger partial charge in [0.15, 0.2) is 0 Å². The standard InChI is InChI=1S/C15H20N2O2/c1-8-12(18)16-14(17-13(8)19)15-5-9-2-10(6-15)4-11(3-9)7-15/h9-11H,2-7H2,1H3,(H2,16,17,18,19). The van der Waals surface area contributed by atoms with Crippen LogP contribution in [0.15, 0.2) is 4.79 Å². The van der Waals surface area contributed by atoms with Gasteiger partial charge in [0.25, 0.3) is 5.56 Å². The SMILES string of the molecule is Cc1c(O)nc(C23CC4CC(CC(C4)C2)C3)[nH]c1=O. The fourth-order valence-electron chi connectivity index (χ4n) is 5.17. The van der Waals surface area contributed by atoms with Crippen molar-refractivity contribution in [2.45, 2.75) is 50.9 Å². The maximum absolute atomic E-state index is 11.9. The third kappa shape index (κ3) is 1.58. The molecule has 0 radical (unpaired) electrons. The molecule has 0 unspecified atom stereocenters. The molecule has 2 N–H and O–H groups in total. The molecular formula is C15H20N2O2. The number of aromatic hydroxyl groups is 1. The van der Waals surface area contributed by atoms with Crippen LogP contribution in [0, 0.1) is 24.7 Å². The molecule has 4 aliphatic rings. The smallest absolute Gasteiger partial charge is 0.257 e. The summed E-state index contributed by atoms with van der Waals surface area (Å²) in [4.78, 5) is 19.2. The average Bonchev–Trinajstić information content (AvgIpc) is 2.33. The second-order valence-corrected chi connectivity index (χ2v) is 7.06. The molecule has 0 saturated heterocycles. The minimum atomic E-state index is -0.182. The van der Waals surface area contributed by atoms with Crippen molar-refractivity contribution in [2.75, 3.05) is 0 Å². The summed E-state index contributed by atoms with van der Waals surface area (Å²) in [5.74, 6) is 3.08. The molecule has 4 aliphatic carbocycles. The molecule has 5 rings (SSSR count). The zero-order valence-electron chi connectivity index (χ0n) is 11.3. The fourth-order valence-corrected chi connectivity index (χ4v) is 5.17. The van der Waals surface area contributed by atoms with E-state index in [0.717, 1.165) is 42.8 Å². The van der Waals surface area contributed by atoms with Gasteiger partial charge in [-0.1, -0.05) is 0 Å². The van der Waals surface area contributed by atoms with Crippen LogP contribution in [0.3, 0.4) is 0 Å². The molecule has 1 aromatic heterocycles. The first-order valence-electron chi connectivity index (χ1n) is 7.36. The predicted molar refractivity (Wildman–Crippen MR) is 71.1 cm³/mol. The topological polar surface area (TPSA) is 66.0 Å². The summed E-state index contributed by atoms with van der Waals surface area (Å²) in [5, 5.41) is 9.85. The summed E-state index contributed by atoms with van der Waals surface area (Å²) in [5.41, 5.74) is 0.186. The molecule has 102 valence electrons. The number of hydrogen-bond donors (Lipinski definition) is 2. The molecule has 1 aromatic rings. The molecule has 4 nitrogen and oxygen atoms in total. The van der Waals surface area contributed by atoms with E-state index >= 15 is 0 Å². The second kappa shape index (κ2) is 3.62. The van der Waals surface area contributed by atoms with E-state index in [0.29, 0.717) is 5.56 Å². The van der Waals surface area contributed by atoms with Crippen molar-refractivity contribution >= 4 is 0 Å². The van der Waals surface area contributed by atoms with Gasteiger partial charge >= 0.3 is 0 Å². The van der Waals surface area contributed by atoms with Gasteiger partial charge < -0.3 is 10.1 Å². The van der Waals surface area contributed by atoms with Crippen LogP contribution in [-0.4, -0.2) is 15.1 Å². The highest BCUT2D eigenvalue weighted by Crippen LogP contribution is 2.60. The zero-order chi connectivity index (χ0) is 13.2. The van der Waals surface area contributed by atoms with Crippen molar-refractivity contribution in [3.8, 4) is 5.88 Å². The van der Waals surface area contributed by atoms with E-state index in [2.05, 4.69) is 9.97 Å². The van der Waals surface area contributed by atoms with E-state index in [1.165, 1.54) is 19.3 Å². The van der Waals surface area contributed by atoms with Gasteiger partial charge in [-0.05, 0) is 63.2 Å². The van der Waals surface area contributed by atoms with Gasteiger partial charge in [0.05, 0.1) is 5.56 Å². The number of H-pyrrole nitrogens is 1. The van der Waals surface area contributed by atoms with Crippen molar-refractivity contribution in [1.29, 1.82) is 0 Å². The molecule has 19 heavy (non-hydrogen) atoms. The summed E-state index contributed by atoms with van der Waals surface area (Å²) < 4.78 is 0. The van der Waals surface area contributed by atoms with Crippen LogP contribution in [0.5, 0.6) is 5.88 Å². The molecule has 4 bridgehead atoms. The quantitative estimate of drug-likeness (QED) is 0.814. The first-order valence-corrected chi connectivity index (χ1v) is 7.36. The van der Waals surface area contributed by atoms with Gasteiger partial charge in [-0.2, -0.15) is 4.98 Å². The van der Waals surface area contributed by atoms with Crippen molar-refractivity contribution < 1.29 is 5.11 Å². The van der Waals surface area contributed by atoms with Gasteiger partial charge in [0.1, 0.15) is 5.82 Å². The molecule has 4 fully saturated rings. The van der Waals surface area contributed by atoms with Crippen LogP contribution in [0.2, 0.25) is 0 Å². The number of aromatic amines is 1. The van der Waals surface area contributed by atoms with E-state index < -0.39 is 0 Å². The highest BCUT2D eigenvalue weighted by atomic mass is 16.3. The Morgan fingerprint density at radius 2 is 1.68 bits per heavy atom. The number of aromatic nitrogens is 2. The predicted octanol–water partition coefficient (Wildman–Crippen LogP) is 2.25. The Balaban J connectivity index is 1.82. The fraction of sp³-hybridized carbons (Fsp3) is 0.733. The second-order valence-electron chi connectivity index (χ2n) is 7.06. The summed E-state index contributed by atoms with van der Waals surface area (Å²) in [7, 11) is 0. The van der Waals surface area contributed by atoms with Crippen LogP contribution < -0.4 is 5.56 Å². The first kappa shape index (κ1) is 11.5. The third-order valence-electron chi connectivity index (χ3n) is 5.67. The third-order valence-corrected chi connectivity index (χ3v) is 5.67. The zero-order valence-corrected chi connectivity index (χ0v) is 11.3.